The predicted molar refractivity (Wildman–Crippen MR) is 46.4 cm³/mol. The average Bonchev–Trinajstić information content (AvgIpc) is 2.08. The highest BCUT2D eigenvalue weighted by Crippen LogP contribution is 2.06. The van der Waals surface area contributed by atoms with Crippen molar-refractivity contribution in [2.24, 2.45) is 0 Å². The topological polar surface area (TPSA) is 17.1 Å². The summed E-state index contributed by atoms with van der Waals surface area (Å²) in [6.07, 6.45) is 0.292. The first-order chi connectivity index (χ1) is 5.65. The van der Waals surface area contributed by atoms with Crippen LogP contribution < -0.4 is 5.46 Å². The van der Waals surface area contributed by atoms with E-state index in [9.17, 15) is 9.18 Å². The number of carbonyl (C=O) groups is 1. The summed E-state index contributed by atoms with van der Waals surface area (Å²) in [6.45, 7) is 1.69. The van der Waals surface area contributed by atoms with Crippen molar-refractivity contribution in [3.63, 3.8) is 0 Å². The van der Waals surface area contributed by atoms with Crippen LogP contribution in [-0.4, -0.2) is 13.6 Å². The SMILES string of the molecule is [B]c1ccc(F)c(C(=O)CC)c1. The van der Waals surface area contributed by atoms with E-state index in [0.29, 0.717) is 11.9 Å². The Hall–Kier alpha value is -1.12. The molecule has 1 aromatic carbocycles. The molecule has 3 heteroatoms. The van der Waals surface area contributed by atoms with Crippen molar-refractivity contribution >= 4 is 19.1 Å². The van der Waals surface area contributed by atoms with Gasteiger partial charge in [-0.05, 0) is 6.07 Å². The van der Waals surface area contributed by atoms with Crippen molar-refractivity contribution in [3.05, 3.63) is 29.6 Å². The molecule has 0 unspecified atom stereocenters. The van der Waals surface area contributed by atoms with Crippen LogP contribution in [0.2, 0.25) is 0 Å². The van der Waals surface area contributed by atoms with Crippen molar-refractivity contribution in [2.45, 2.75) is 13.3 Å². The molecule has 0 aliphatic heterocycles. The average molecular weight is 162 g/mol. The molecule has 0 N–H and O–H groups in total. The van der Waals surface area contributed by atoms with Gasteiger partial charge in [0.05, 0.1) is 5.56 Å². The van der Waals surface area contributed by atoms with Crippen molar-refractivity contribution < 1.29 is 9.18 Å². The van der Waals surface area contributed by atoms with Gasteiger partial charge in [0.15, 0.2) is 5.78 Å². The Morgan fingerprint density at radius 2 is 2.25 bits per heavy atom. The molecule has 1 rings (SSSR count). The number of Topliss-reactive ketones (excluding diaryl/α,β-unsaturated/α-hetero) is 1. The van der Waals surface area contributed by atoms with Gasteiger partial charge in [0.25, 0.3) is 0 Å². The third kappa shape index (κ3) is 1.73. The smallest absolute Gasteiger partial charge is 0.165 e. The van der Waals surface area contributed by atoms with E-state index >= 15 is 0 Å². The molecule has 0 fully saturated rings. The van der Waals surface area contributed by atoms with E-state index in [4.69, 9.17) is 7.85 Å². The van der Waals surface area contributed by atoms with E-state index in [2.05, 4.69) is 0 Å². The minimum absolute atomic E-state index is 0.0810. The molecular weight excluding hydrogens is 154 g/mol. The zero-order valence-corrected chi connectivity index (χ0v) is 6.80. The second kappa shape index (κ2) is 3.52. The number of hydrogen-bond donors (Lipinski definition) is 0. The Labute approximate surface area is 72.0 Å². The minimum Gasteiger partial charge on any atom is -0.294 e. The number of ketones is 1. The predicted octanol–water partition coefficient (Wildman–Crippen LogP) is 1.21. The second-order valence-corrected chi connectivity index (χ2v) is 2.52. The molecule has 0 spiro atoms. The molecule has 1 aromatic rings. The van der Waals surface area contributed by atoms with Gasteiger partial charge in [0.1, 0.15) is 13.7 Å². The van der Waals surface area contributed by atoms with E-state index in [1.165, 1.54) is 18.2 Å². The molecule has 0 atom stereocenters. The molecule has 0 amide bonds. The van der Waals surface area contributed by atoms with Gasteiger partial charge in [0.2, 0.25) is 0 Å². The highest BCUT2D eigenvalue weighted by molar-refractivity contribution is 6.32. The summed E-state index contributed by atoms with van der Waals surface area (Å²) in [5.74, 6) is -0.726. The van der Waals surface area contributed by atoms with E-state index < -0.39 is 5.82 Å². The zero-order chi connectivity index (χ0) is 9.14. The molecule has 2 radical (unpaired) electrons. The van der Waals surface area contributed by atoms with Crippen LogP contribution in [-0.2, 0) is 0 Å². The van der Waals surface area contributed by atoms with E-state index in [-0.39, 0.29) is 11.3 Å². The first-order valence-corrected chi connectivity index (χ1v) is 3.73. The lowest BCUT2D eigenvalue weighted by molar-refractivity contribution is 0.0984. The van der Waals surface area contributed by atoms with Gasteiger partial charge in [-0.3, -0.25) is 4.79 Å². The Bertz CT molecular complexity index is 309. The Morgan fingerprint density at radius 3 is 2.83 bits per heavy atom. The number of carbonyl (C=O) groups excluding carboxylic acids is 1. The maximum absolute atomic E-state index is 12.9. The normalized spacial score (nSPS) is 9.83. The largest absolute Gasteiger partial charge is 0.294 e. The number of rotatable bonds is 2. The summed E-state index contributed by atoms with van der Waals surface area (Å²) in [6, 6.07) is 4.00. The van der Waals surface area contributed by atoms with Crippen LogP contribution in [0.5, 0.6) is 0 Å². The Balaban J connectivity index is 3.13. The molecule has 0 heterocycles. The molecular formula is C9H8BFO. The second-order valence-electron chi connectivity index (χ2n) is 2.52. The number of benzene rings is 1. The molecule has 1 nitrogen and oxygen atoms in total. The van der Waals surface area contributed by atoms with Gasteiger partial charge in [-0.1, -0.05) is 24.5 Å². The van der Waals surface area contributed by atoms with Gasteiger partial charge in [0, 0.05) is 6.42 Å². The monoisotopic (exact) mass is 162 g/mol. The highest BCUT2D eigenvalue weighted by Gasteiger charge is 2.08. The summed E-state index contributed by atoms with van der Waals surface area (Å²) in [5, 5.41) is 0. The fraction of sp³-hybridized carbons (Fsp3) is 0.222. The first kappa shape index (κ1) is 8.98. The van der Waals surface area contributed by atoms with E-state index in [1.54, 1.807) is 6.92 Å². The third-order valence-electron chi connectivity index (χ3n) is 1.61. The fourth-order valence-electron chi connectivity index (χ4n) is 0.947. The molecule has 0 aliphatic carbocycles. The highest BCUT2D eigenvalue weighted by atomic mass is 19.1. The zero-order valence-electron chi connectivity index (χ0n) is 6.80. The summed E-state index contributed by atoms with van der Waals surface area (Å²) < 4.78 is 12.9. The summed E-state index contributed by atoms with van der Waals surface area (Å²) in [7, 11) is 5.40. The fourth-order valence-corrected chi connectivity index (χ4v) is 0.947. The quantitative estimate of drug-likeness (QED) is 0.471. The van der Waals surface area contributed by atoms with Crippen molar-refractivity contribution in [1.82, 2.24) is 0 Å². The van der Waals surface area contributed by atoms with Gasteiger partial charge in [-0.15, -0.1) is 0 Å². The lowest BCUT2D eigenvalue weighted by Crippen LogP contribution is -2.09. The minimum atomic E-state index is -0.504. The third-order valence-corrected chi connectivity index (χ3v) is 1.61. The Morgan fingerprint density at radius 1 is 1.58 bits per heavy atom. The van der Waals surface area contributed by atoms with Crippen LogP contribution in [0, 0.1) is 5.82 Å². The van der Waals surface area contributed by atoms with E-state index in [1.807, 2.05) is 0 Å². The van der Waals surface area contributed by atoms with Crippen LogP contribution in [0.4, 0.5) is 4.39 Å². The van der Waals surface area contributed by atoms with Crippen molar-refractivity contribution in [3.8, 4) is 0 Å². The summed E-state index contributed by atoms with van der Waals surface area (Å²) >= 11 is 0. The molecule has 12 heavy (non-hydrogen) atoms. The van der Waals surface area contributed by atoms with Crippen LogP contribution >= 0.6 is 0 Å². The van der Waals surface area contributed by atoms with Crippen LogP contribution in [0.1, 0.15) is 23.7 Å². The maximum Gasteiger partial charge on any atom is 0.165 e. The van der Waals surface area contributed by atoms with Gasteiger partial charge in [-0.2, -0.15) is 0 Å². The molecule has 0 saturated carbocycles. The molecule has 0 aromatic heterocycles. The lowest BCUT2D eigenvalue weighted by Gasteiger charge is -2.00. The standard InChI is InChI=1S/C9H8BFO/c1-2-9(12)7-5-6(10)3-4-8(7)11/h3-5H,2H2,1H3. The molecule has 60 valence electrons. The first-order valence-electron chi connectivity index (χ1n) is 3.73. The molecule has 0 aliphatic rings. The molecule has 0 saturated heterocycles. The molecule has 0 bridgehead atoms. The summed E-state index contributed by atoms with van der Waals surface area (Å²) in [5.41, 5.74) is 0.491. The van der Waals surface area contributed by atoms with E-state index in [0.717, 1.165) is 0 Å². The summed E-state index contributed by atoms with van der Waals surface area (Å²) in [4.78, 5) is 11.1. The maximum atomic E-state index is 12.9. The van der Waals surface area contributed by atoms with Crippen LogP contribution in [0.3, 0.4) is 0 Å². The Kier molecular flexibility index (Phi) is 2.63. The van der Waals surface area contributed by atoms with Gasteiger partial charge >= 0.3 is 0 Å². The van der Waals surface area contributed by atoms with Crippen LogP contribution in [0.25, 0.3) is 0 Å². The van der Waals surface area contributed by atoms with Gasteiger partial charge in [-0.25, -0.2) is 4.39 Å². The number of hydrogen-bond acceptors (Lipinski definition) is 1. The van der Waals surface area contributed by atoms with Gasteiger partial charge < -0.3 is 0 Å². The van der Waals surface area contributed by atoms with Crippen LogP contribution in [0.15, 0.2) is 18.2 Å². The van der Waals surface area contributed by atoms with Crippen molar-refractivity contribution in [1.29, 1.82) is 0 Å². The van der Waals surface area contributed by atoms with Crippen molar-refractivity contribution in [2.75, 3.05) is 0 Å². The lowest BCUT2D eigenvalue weighted by atomic mass is 9.93. The number of halogens is 1.